The Morgan fingerprint density at radius 2 is 1.67 bits per heavy atom. The summed E-state index contributed by atoms with van der Waals surface area (Å²) in [7, 11) is 0. The van der Waals surface area contributed by atoms with E-state index in [2.05, 4.69) is 12.2 Å². The number of benzene rings is 3. The Morgan fingerprint density at radius 3 is 2.33 bits per heavy atom. The fourth-order valence-electron chi connectivity index (χ4n) is 2.70. The molecule has 1 N–H and O–H groups in total. The average molecular weight is 424 g/mol. The van der Waals surface area contributed by atoms with Gasteiger partial charge in [-0.15, -0.1) is 0 Å². The van der Waals surface area contributed by atoms with E-state index in [1.54, 1.807) is 61.5 Å². The smallest absolute Gasteiger partial charge is 0.352 e. The maximum absolute atomic E-state index is 12.3. The van der Waals surface area contributed by atoms with E-state index < -0.39 is 12.1 Å². The summed E-state index contributed by atoms with van der Waals surface area (Å²) in [6.07, 6.45) is 0.110. The average Bonchev–Trinajstić information content (AvgIpc) is 2.76. The Balaban J connectivity index is 1.56. The molecule has 6 heteroatoms. The fraction of sp³-hybridized carbons (Fsp3) is 0.167. The molecule has 0 fully saturated rings. The minimum Gasteiger partial charge on any atom is -0.479 e. The highest BCUT2D eigenvalue weighted by molar-refractivity contribution is 6.30. The molecule has 1 amide bonds. The van der Waals surface area contributed by atoms with Gasteiger partial charge in [0.05, 0.1) is 0 Å². The van der Waals surface area contributed by atoms with Crippen LogP contribution in [0.4, 0.5) is 5.69 Å². The van der Waals surface area contributed by atoms with Crippen LogP contribution in [0.25, 0.3) is 0 Å². The first kappa shape index (κ1) is 21.4. The van der Waals surface area contributed by atoms with Crippen LogP contribution in [-0.2, 0) is 11.2 Å². The summed E-state index contributed by atoms with van der Waals surface area (Å²) in [5.74, 6) is 0.159. The molecule has 3 aromatic rings. The normalized spacial score (nSPS) is 11.4. The summed E-state index contributed by atoms with van der Waals surface area (Å²) in [5, 5.41) is 3.37. The van der Waals surface area contributed by atoms with E-state index in [4.69, 9.17) is 21.1 Å². The highest BCUT2D eigenvalue weighted by Gasteiger charge is 2.18. The third-order valence-corrected chi connectivity index (χ3v) is 4.64. The van der Waals surface area contributed by atoms with Gasteiger partial charge in [0.15, 0.2) is 6.10 Å². The van der Waals surface area contributed by atoms with Gasteiger partial charge in [0.25, 0.3) is 5.91 Å². The second-order valence-electron chi connectivity index (χ2n) is 6.67. The van der Waals surface area contributed by atoms with Gasteiger partial charge in [-0.1, -0.05) is 30.7 Å². The van der Waals surface area contributed by atoms with E-state index in [0.717, 1.165) is 12.0 Å². The van der Waals surface area contributed by atoms with Crippen LogP contribution in [0.3, 0.4) is 0 Å². The van der Waals surface area contributed by atoms with Gasteiger partial charge in [0.1, 0.15) is 11.5 Å². The van der Waals surface area contributed by atoms with Gasteiger partial charge >= 0.3 is 5.97 Å². The molecule has 1 unspecified atom stereocenters. The first-order valence-electron chi connectivity index (χ1n) is 9.59. The van der Waals surface area contributed by atoms with Crippen molar-refractivity contribution >= 4 is 29.2 Å². The molecule has 154 valence electrons. The van der Waals surface area contributed by atoms with Crippen LogP contribution >= 0.6 is 11.6 Å². The fourth-order valence-corrected chi connectivity index (χ4v) is 2.83. The molecule has 1 atom stereocenters. The number of carbonyl (C=O) groups is 2. The number of rotatable bonds is 7. The largest absolute Gasteiger partial charge is 0.479 e. The zero-order valence-corrected chi connectivity index (χ0v) is 17.5. The van der Waals surface area contributed by atoms with Crippen LogP contribution in [0.15, 0.2) is 72.8 Å². The number of hydrogen-bond donors (Lipinski definition) is 1. The molecule has 0 radical (unpaired) electrons. The van der Waals surface area contributed by atoms with E-state index in [1.165, 1.54) is 0 Å². The molecule has 0 aliphatic carbocycles. The number of nitrogens with one attached hydrogen (secondary N) is 1. The van der Waals surface area contributed by atoms with Gasteiger partial charge in [0.2, 0.25) is 0 Å². The summed E-state index contributed by atoms with van der Waals surface area (Å²) < 4.78 is 11.0. The molecule has 30 heavy (non-hydrogen) atoms. The summed E-state index contributed by atoms with van der Waals surface area (Å²) in [6, 6.07) is 20.7. The Morgan fingerprint density at radius 1 is 0.967 bits per heavy atom. The summed E-state index contributed by atoms with van der Waals surface area (Å²) in [6.45, 7) is 3.69. The van der Waals surface area contributed by atoms with Gasteiger partial charge < -0.3 is 14.8 Å². The SMILES string of the molecule is CCc1cccc(OC(C)C(=O)Oc2ccc(C(=O)Nc3ccc(Cl)cc3)cc2)c1. The van der Waals surface area contributed by atoms with Crippen LogP contribution in [0, 0.1) is 0 Å². The molecular weight excluding hydrogens is 402 g/mol. The van der Waals surface area contributed by atoms with Gasteiger partial charge in [-0.3, -0.25) is 4.79 Å². The number of esters is 1. The molecule has 0 bridgehead atoms. The lowest BCUT2D eigenvalue weighted by Gasteiger charge is -2.14. The van der Waals surface area contributed by atoms with Crippen molar-refractivity contribution in [2.24, 2.45) is 0 Å². The quantitative estimate of drug-likeness (QED) is 0.401. The molecule has 0 saturated carbocycles. The molecule has 0 spiro atoms. The Hall–Kier alpha value is -3.31. The minimum absolute atomic E-state index is 0.275. The van der Waals surface area contributed by atoms with E-state index >= 15 is 0 Å². The van der Waals surface area contributed by atoms with Crippen LogP contribution in [0.2, 0.25) is 5.02 Å². The molecule has 0 aromatic heterocycles. The molecule has 0 saturated heterocycles. The lowest BCUT2D eigenvalue weighted by molar-refractivity contribution is -0.141. The van der Waals surface area contributed by atoms with Crippen LogP contribution in [0.1, 0.15) is 29.8 Å². The van der Waals surface area contributed by atoms with E-state index in [-0.39, 0.29) is 5.91 Å². The number of carbonyl (C=O) groups excluding carboxylic acids is 2. The van der Waals surface area contributed by atoms with Gasteiger partial charge in [-0.05, 0) is 79.6 Å². The summed E-state index contributed by atoms with van der Waals surface area (Å²) in [4.78, 5) is 24.6. The first-order valence-corrected chi connectivity index (χ1v) is 9.96. The first-order chi connectivity index (χ1) is 14.4. The molecule has 3 aromatic carbocycles. The summed E-state index contributed by atoms with van der Waals surface area (Å²) in [5.41, 5.74) is 2.20. The van der Waals surface area contributed by atoms with Crippen molar-refractivity contribution in [1.29, 1.82) is 0 Å². The molecule has 0 aliphatic rings. The molecule has 5 nitrogen and oxygen atoms in total. The van der Waals surface area contributed by atoms with Crippen molar-refractivity contribution in [3.05, 3.63) is 88.9 Å². The van der Waals surface area contributed by atoms with Crippen LogP contribution in [0.5, 0.6) is 11.5 Å². The predicted octanol–water partition coefficient (Wildman–Crippen LogP) is 5.53. The third-order valence-electron chi connectivity index (χ3n) is 4.39. The van der Waals surface area contributed by atoms with E-state index in [0.29, 0.717) is 27.8 Å². The number of hydrogen-bond acceptors (Lipinski definition) is 4. The van der Waals surface area contributed by atoms with Crippen molar-refractivity contribution < 1.29 is 19.1 Å². The minimum atomic E-state index is -0.773. The van der Waals surface area contributed by atoms with Crippen molar-refractivity contribution in [3.8, 4) is 11.5 Å². The van der Waals surface area contributed by atoms with Crippen LogP contribution in [-0.4, -0.2) is 18.0 Å². The number of aryl methyl sites for hydroxylation is 1. The Labute approximate surface area is 180 Å². The number of amides is 1. The second kappa shape index (κ2) is 9.94. The van der Waals surface area contributed by atoms with E-state index in [9.17, 15) is 9.59 Å². The Kier molecular flexibility index (Phi) is 7.09. The van der Waals surface area contributed by atoms with Crippen molar-refractivity contribution in [3.63, 3.8) is 0 Å². The lowest BCUT2D eigenvalue weighted by Crippen LogP contribution is -2.28. The number of halogens is 1. The second-order valence-corrected chi connectivity index (χ2v) is 7.10. The number of anilines is 1. The molecule has 0 heterocycles. The molecular formula is C24H22ClNO4. The van der Waals surface area contributed by atoms with Crippen molar-refractivity contribution in [1.82, 2.24) is 0 Å². The highest BCUT2D eigenvalue weighted by atomic mass is 35.5. The van der Waals surface area contributed by atoms with Gasteiger partial charge in [-0.25, -0.2) is 4.79 Å². The standard InChI is InChI=1S/C24H22ClNO4/c1-3-17-5-4-6-22(15-17)29-16(2)24(28)30-21-13-7-18(8-14-21)23(27)26-20-11-9-19(25)10-12-20/h4-16H,3H2,1-2H3,(H,26,27). The number of ether oxygens (including phenoxy) is 2. The third kappa shape index (κ3) is 5.84. The van der Waals surface area contributed by atoms with Crippen LogP contribution < -0.4 is 14.8 Å². The van der Waals surface area contributed by atoms with Gasteiger partial charge in [-0.2, -0.15) is 0 Å². The lowest BCUT2D eigenvalue weighted by atomic mass is 10.2. The van der Waals surface area contributed by atoms with Crippen molar-refractivity contribution in [2.75, 3.05) is 5.32 Å². The zero-order valence-electron chi connectivity index (χ0n) is 16.7. The maximum Gasteiger partial charge on any atom is 0.352 e. The maximum atomic E-state index is 12.3. The topological polar surface area (TPSA) is 64.6 Å². The Bertz CT molecular complexity index is 1020. The van der Waals surface area contributed by atoms with Crippen molar-refractivity contribution in [2.45, 2.75) is 26.4 Å². The molecule has 0 aliphatic heterocycles. The van der Waals surface area contributed by atoms with E-state index in [1.807, 2.05) is 18.2 Å². The predicted molar refractivity (Wildman–Crippen MR) is 117 cm³/mol. The molecule has 3 rings (SSSR count). The summed E-state index contributed by atoms with van der Waals surface area (Å²) >= 11 is 5.84. The highest BCUT2D eigenvalue weighted by Crippen LogP contribution is 2.19. The van der Waals surface area contributed by atoms with Gasteiger partial charge in [0, 0.05) is 16.3 Å². The monoisotopic (exact) mass is 423 g/mol. The zero-order chi connectivity index (χ0) is 21.5.